The molecule has 1 aromatic carbocycles. The van der Waals surface area contributed by atoms with Gasteiger partial charge in [-0.3, -0.25) is 18.3 Å². The molecule has 1 N–H and O–H groups in total. The van der Waals surface area contributed by atoms with Gasteiger partial charge in [-0.2, -0.15) is 0 Å². The van der Waals surface area contributed by atoms with Gasteiger partial charge in [-0.05, 0) is 31.2 Å². The van der Waals surface area contributed by atoms with Gasteiger partial charge in [-0.25, -0.2) is 4.79 Å². The highest BCUT2D eigenvalue weighted by Crippen LogP contribution is 2.13. The molecule has 1 amide bonds. The van der Waals surface area contributed by atoms with Gasteiger partial charge in [0.25, 0.3) is 0 Å². The fraction of sp³-hybridized carbons (Fsp3) is 0.222. The average Bonchev–Trinajstić information content (AvgIpc) is 3.18. The van der Waals surface area contributed by atoms with Crippen molar-refractivity contribution in [2.24, 2.45) is 7.05 Å². The number of carbonyl (C=O) groups is 1. The number of pyridine rings is 1. The molecule has 8 nitrogen and oxygen atoms in total. The predicted octanol–water partition coefficient (Wildman–Crippen LogP) is 1.26. The fourth-order valence-electron chi connectivity index (χ4n) is 3.17. The molecule has 0 aliphatic heterocycles. The van der Waals surface area contributed by atoms with Crippen molar-refractivity contribution < 1.29 is 4.79 Å². The SMILES string of the molecule is CC(NC(=O)Cn1c(=O)n(C)c2ccccc21)c1nnc2ccccn12. The molecule has 3 heterocycles. The van der Waals surface area contributed by atoms with Gasteiger partial charge in [0.1, 0.15) is 6.54 Å². The molecule has 0 radical (unpaired) electrons. The van der Waals surface area contributed by atoms with Crippen LogP contribution in [0.25, 0.3) is 16.7 Å². The van der Waals surface area contributed by atoms with E-state index in [1.54, 1.807) is 7.05 Å². The Bertz CT molecular complexity index is 1170. The minimum Gasteiger partial charge on any atom is -0.345 e. The van der Waals surface area contributed by atoms with Gasteiger partial charge in [0.05, 0.1) is 17.1 Å². The summed E-state index contributed by atoms with van der Waals surface area (Å²) in [6.45, 7) is 1.79. The highest BCUT2D eigenvalue weighted by Gasteiger charge is 2.18. The van der Waals surface area contributed by atoms with Crippen LogP contribution in [0.5, 0.6) is 0 Å². The minimum atomic E-state index is -0.342. The summed E-state index contributed by atoms with van der Waals surface area (Å²) in [5.74, 6) is 0.378. The van der Waals surface area contributed by atoms with Crippen molar-refractivity contribution in [3.05, 3.63) is 65.0 Å². The second-order valence-electron chi connectivity index (χ2n) is 6.19. The van der Waals surface area contributed by atoms with Gasteiger partial charge in [0, 0.05) is 13.2 Å². The van der Waals surface area contributed by atoms with Crippen LogP contribution < -0.4 is 11.0 Å². The molecule has 132 valence electrons. The molecule has 0 fully saturated rings. The zero-order chi connectivity index (χ0) is 18.3. The van der Waals surface area contributed by atoms with Gasteiger partial charge >= 0.3 is 5.69 Å². The van der Waals surface area contributed by atoms with Crippen molar-refractivity contribution in [1.82, 2.24) is 29.0 Å². The van der Waals surface area contributed by atoms with E-state index in [9.17, 15) is 9.59 Å². The van der Waals surface area contributed by atoms with E-state index in [-0.39, 0.29) is 24.2 Å². The van der Waals surface area contributed by atoms with Gasteiger partial charge in [-0.1, -0.05) is 18.2 Å². The Balaban J connectivity index is 1.58. The number of hydrogen-bond acceptors (Lipinski definition) is 4. The zero-order valence-electron chi connectivity index (χ0n) is 14.5. The maximum absolute atomic E-state index is 12.5. The molecular formula is C18H18N6O2. The topological polar surface area (TPSA) is 86.2 Å². The maximum Gasteiger partial charge on any atom is 0.329 e. The normalized spacial score (nSPS) is 12.5. The maximum atomic E-state index is 12.5. The molecule has 0 aliphatic carbocycles. The highest BCUT2D eigenvalue weighted by molar-refractivity contribution is 5.81. The van der Waals surface area contributed by atoms with Crippen LogP contribution in [-0.4, -0.2) is 29.6 Å². The smallest absolute Gasteiger partial charge is 0.329 e. The number of rotatable bonds is 4. The molecule has 1 atom stereocenters. The number of fused-ring (bicyclic) bond motifs is 2. The Morgan fingerprint density at radius 2 is 1.85 bits per heavy atom. The molecule has 0 bridgehead atoms. The summed E-state index contributed by atoms with van der Waals surface area (Å²) in [7, 11) is 1.70. The molecule has 0 saturated heterocycles. The van der Waals surface area contributed by atoms with Crippen LogP contribution in [0, 0.1) is 0 Å². The molecule has 8 heteroatoms. The van der Waals surface area contributed by atoms with E-state index in [1.807, 2.05) is 60.0 Å². The molecule has 1 unspecified atom stereocenters. The zero-order valence-corrected chi connectivity index (χ0v) is 14.5. The Kier molecular flexibility index (Phi) is 3.80. The van der Waals surface area contributed by atoms with Crippen LogP contribution in [0.15, 0.2) is 53.5 Å². The lowest BCUT2D eigenvalue weighted by Crippen LogP contribution is -2.34. The second-order valence-corrected chi connectivity index (χ2v) is 6.19. The number of aryl methyl sites for hydroxylation is 1. The van der Waals surface area contributed by atoms with Crippen molar-refractivity contribution >= 4 is 22.6 Å². The van der Waals surface area contributed by atoms with E-state index in [2.05, 4.69) is 15.5 Å². The lowest BCUT2D eigenvalue weighted by Gasteiger charge is -2.12. The number of aromatic nitrogens is 5. The Labute approximate surface area is 148 Å². The van der Waals surface area contributed by atoms with E-state index in [1.165, 1.54) is 9.13 Å². The van der Waals surface area contributed by atoms with Crippen LogP contribution in [0.3, 0.4) is 0 Å². The number of benzene rings is 1. The number of imidazole rings is 1. The first-order chi connectivity index (χ1) is 12.6. The number of nitrogens with one attached hydrogen (secondary N) is 1. The highest BCUT2D eigenvalue weighted by atomic mass is 16.2. The van der Waals surface area contributed by atoms with Crippen LogP contribution >= 0.6 is 0 Å². The molecule has 0 saturated carbocycles. The number of nitrogens with zero attached hydrogens (tertiary/aromatic N) is 5. The molecule has 4 aromatic rings. The van der Waals surface area contributed by atoms with E-state index in [4.69, 9.17) is 0 Å². The number of hydrogen-bond donors (Lipinski definition) is 1. The standard InChI is InChI=1S/C18H18N6O2/c1-12(17-21-20-15-9-5-6-10-23(15)17)19-16(25)11-24-14-8-4-3-7-13(14)22(2)18(24)26/h3-10,12H,11H2,1-2H3,(H,19,25). The van der Waals surface area contributed by atoms with Crippen LogP contribution in [0.1, 0.15) is 18.8 Å². The molecular weight excluding hydrogens is 332 g/mol. The Morgan fingerprint density at radius 1 is 1.12 bits per heavy atom. The summed E-state index contributed by atoms with van der Waals surface area (Å²) in [6.07, 6.45) is 1.85. The van der Waals surface area contributed by atoms with E-state index in [0.29, 0.717) is 11.5 Å². The largest absolute Gasteiger partial charge is 0.345 e. The van der Waals surface area contributed by atoms with E-state index in [0.717, 1.165) is 11.0 Å². The molecule has 3 aromatic heterocycles. The van der Waals surface area contributed by atoms with Crippen molar-refractivity contribution in [3.8, 4) is 0 Å². The lowest BCUT2D eigenvalue weighted by atomic mass is 10.3. The Morgan fingerprint density at radius 3 is 2.65 bits per heavy atom. The summed E-state index contributed by atoms with van der Waals surface area (Å²) in [4.78, 5) is 25.0. The predicted molar refractivity (Wildman–Crippen MR) is 96.7 cm³/mol. The monoisotopic (exact) mass is 350 g/mol. The Hall–Kier alpha value is -3.42. The summed E-state index contributed by atoms with van der Waals surface area (Å²) in [6, 6.07) is 12.7. The molecule has 0 spiro atoms. The average molecular weight is 350 g/mol. The number of para-hydroxylation sites is 2. The summed E-state index contributed by atoms with van der Waals surface area (Å²) < 4.78 is 4.84. The quantitative estimate of drug-likeness (QED) is 0.600. The minimum absolute atomic E-state index is 0.0543. The molecule has 0 aliphatic rings. The number of carbonyl (C=O) groups excluding carboxylic acids is 1. The summed E-state index contributed by atoms with van der Waals surface area (Å²) >= 11 is 0. The first kappa shape index (κ1) is 16.1. The third kappa shape index (κ3) is 2.55. The third-order valence-corrected chi connectivity index (χ3v) is 4.46. The molecule has 26 heavy (non-hydrogen) atoms. The fourth-order valence-corrected chi connectivity index (χ4v) is 3.17. The summed E-state index contributed by atoms with van der Waals surface area (Å²) in [5, 5.41) is 11.1. The van der Waals surface area contributed by atoms with E-state index >= 15 is 0 Å². The van der Waals surface area contributed by atoms with Crippen molar-refractivity contribution in [3.63, 3.8) is 0 Å². The van der Waals surface area contributed by atoms with Gasteiger partial charge in [0.15, 0.2) is 11.5 Å². The summed E-state index contributed by atoms with van der Waals surface area (Å²) in [5.41, 5.74) is 2.02. The van der Waals surface area contributed by atoms with Crippen molar-refractivity contribution in [2.45, 2.75) is 19.5 Å². The molecule has 4 rings (SSSR count). The number of amides is 1. The van der Waals surface area contributed by atoms with Gasteiger partial charge < -0.3 is 5.32 Å². The van der Waals surface area contributed by atoms with Crippen LogP contribution in [0.4, 0.5) is 0 Å². The first-order valence-electron chi connectivity index (χ1n) is 8.29. The van der Waals surface area contributed by atoms with Crippen LogP contribution in [0.2, 0.25) is 0 Å². The van der Waals surface area contributed by atoms with Crippen molar-refractivity contribution in [1.29, 1.82) is 0 Å². The lowest BCUT2D eigenvalue weighted by molar-refractivity contribution is -0.122. The van der Waals surface area contributed by atoms with Crippen LogP contribution in [-0.2, 0) is 18.4 Å². The second kappa shape index (κ2) is 6.14. The van der Waals surface area contributed by atoms with E-state index < -0.39 is 0 Å². The first-order valence-corrected chi connectivity index (χ1v) is 8.29. The van der Waals surface area contributed by atoms with Crippen molar-refractivity contribution in [2.75, 3.05) is 0 Å². The van der Waals surface area contributed by atoms with Gasteiger partial charge in [0.2, 0.25) is 5.91 Å². The van der Waals surface area contributed by atoms with Gasteiger partial charge in [-0.15, -0.1) is 10.2 Å². The third-order valence-electron chi connectivity index (χ3n) is 4.46.